The van der Waals surface area contributed by atoms with E-state index < -0.39 is 0 Å². The van der Waals surface area contributed by atoms with Crippen molar-refractivity contribution in [3.63, 3.8) is 0 Å². The van der Waals surface area contributed by atoms with E-state index in [4.69, 9.17) is 4.74 Å². The lowest BCUT2D eigenvalue weighted by Gasteiger charge is -2.10. The lowest BCUT2D eigenvalue weighted by atomic mass is 10.1. The summed E-state index contributed by atoms with van der Waals surface area (Å²) in [6.07, 6.45) is 2.39. The van der Waals surface area contributed by atoms with Gasteiger partial charge in [0.15, 0.2) is 0 Å². The number of anilines is 1. The molecule has 1 N–H and O–H groups in total. The number of hydrogen-bond acceptors (Lipinski definition) is 4. The Morgan fingerprint density at radius 3 is 2.70 bits per heavy atom. The van der Waals surface area contributed by atoms with Crippen LogP contribution in [0.25, 0.3) is 0 Å². The first-order valence-electron chi connectivity index (χ1n) is 6.59. The summed E-state index contributed by atoms with van der Waals surface area (Å²) in [7, 11) is 1.37. The van der Waals surface area contributed by atoms with Gasteiger partial charge in [-0.25, -0.2) is 4.79 Å². The van der Waals surface area contributed by atoms with Crippen LogP contribution in [0.15, 0.2) is 42.6 Å². The van der Waals surface area contributed by atoms with Gasteiger partial charge in [0.2, 0.25) is 0 Å². The van der Waals surface area contributed by atoms with Crippen molar-refractivity contribution in [3.05, 3.63) is 59.4 Å². The third-order valence-electron chi connectivity index (χ3n) is 3.10. The lowest BCUT2D eigenvalue weighted by Crippen LogP contribution is -2.09. The summed E-state index contributed by atoms with van der Waals surface area (Å²) in [6, 6.07) is 11.8. The number of benzene rings is 1. The number of aromatic nitrogens is 1. The third kappa shape index (κ3) is 3.35. The van der Waals surface area contributed by atoms with E-state index in [1.807, 2.05) is 43.3 Å². The zero-order valence-corrected chi connectivity index (χ0v) is 11.7. The van der Waals surface area contributed by atoms with Crippen molar-refractivity contribution in [3.8, 4) is 0 Å². The number of carbonyl (C=O) groups is 1. The quantitative estimate of drug-likeness (QED) is 0.848. The number of aryl methyl sites for hydroxylation is 1. The minimum atomic E-state index is -0.352. The number of para-hydroxylation sites is 1. The highest BCUT2D eigenvalue weighted by atomic mass is 16.5. The molecule has 1 aromatic carbocycles. The van der Waals surface area contributed by atoms with Crippen LogP contribution in [0.1, 0.15) is 28.5 Å². The summed E-state index contributed by atoms with van der Waals surface area (Å²) in [6.45, 7) is 2.68. The van der Waals surface area contributed by atoms with E-state index >= 15 is 0 Å². The van der Waals surface area contributed by atoms with Gasteiger partial charge in [-0.3, -0.25) is 4.98 Å². The summed E-state index contributed by atoms with van der Waals surface area (Å²) in [4.78, 5) is 15.9. The number of ether oxygens (including phenoxy) is 1. The first-order valence-corrected chi connectivity index (χ1v) is 6.59. The number of carbonyl (C=O) groups excluding carboxylic acids is 1. The molecular weight excluding hydrogens is 252 g/mol. The van der Waals surface area contributed by atoms with Gasteiger partial charge in [-0.1, -0.05) is 25.1 Å². The number of nitrogens with zero attached hydrogens (tertiary/aromatic N) is 1. The Balaban J connectivity index is 2.13. The summed E-state index contributed by atoms with van der Waals surface area (Å²) >= 11 is 0. The largest absolute Gasteiger partial charge is 0.465 e. The van der Waals surface area contributed by atoms with Gasteiger partial charge in [-0.05, 0) is 30.2 Å². The van der Waals surface area contributed by atoms with E-state index in [-0.39, 0.29) is 5.97 Å². The van der Waals surface area contributed by atoms with Gasteiger partial charge in [0.05, 0.1) is 24.9 Å². The Morgan fingerprint density at radius 2 is 2.05 bits per heavy atom. The molecule has 1 aromatic heterocycles. The molecule has 0 bridgehead atoms. The monoisotopic (exact) mass is 270 g/mol. The van der Waals surface area contributed by atoms with Crippen LogP contribution in [0.4, 0.5) is 5.69 Å². The molecule has 0 atom stereocenters. The normalized spacial score (nSPS) is 10.1. The molecule has 2 aromatic rings. The summed E-state index contributed by atoms with van der Waals surface area (Å²) in [5.74, 6) is -0.352. The fraction of sp³-hybridized carbons (Fsp3) is 0.250. The van der Waals surface area contributed by atoms with Gasteiger partial charge in [0, 0.05) is 11.9 Å². The highest BCUT2D eigenvalue weighted by molar-refractivity contribution is 5.89. The van der Waals surface area contributed by atoms with E-state index in [0.717, 1.165) is 23.4 Å². The molecular formula is C16H18N2O2. The number of hydrogen-bond donors (Lipinski definition) is 1. The molecule has 0 radical (unpaired) electrons. The van der Waals surface area contributed by atoms with E-state index in [2.05, 4.69) is 10.3 Å². The van der Waals surface area contributed by atoms with Crippen molar-refractivity contribution < 1.29 is 9.53 Å². The first-order chi connectivity index (χ1) is 9.74. The van der Waals surface area contributed by atoms with Crippen LogP contribution in [-0.4, -0.2) is 18.1 Å². The Morgan fingerprint density at radius 1 is 1.30 bits per heavy atom. The minimum absolute atomic E-state index is 0.352. The summed E-state index contributed by atoms with van der Waals surface area (Å²) in [5, 5.41) is 3.32. The molecule has 0 spiro atoms. The van der Waals surface area contributed by atoms with Crippen molar-refractivity contribution in [2.24, 2.45) is 0 Å². The molecule has 0 unspecified atom stereocenters. The Hall–Kier alpha value is -2.36. The van der Waals surface area contributed by atoms with Crippen molar-refractivity contribution in [1.29, 1.82) is 0 Å². The fourth-order valence-corrected chi connectivity index (χ4v) is 1.98. The second kappa shape index (κ2) is 6.70. The molecule has 4 nitrogen and oxygen atoms in total. The third-order valence-corrected chi connectivity index (χ3v) is 3.10. The minimum Gasteiger partial charge on any atom is -0.465 e. The van der Waals surface area contributed by atoms with Crippen molar-refractivity contribution >= 4 is 11.7 Å². The molecule has 0 fully saturated rings. The van der Waals surface area contributed by atoms with Crippen molar-refractivity contribution in [1.82, 2.24) is 4.98 Å². The summed E-state index contributed by atoms with van der Waals surface area (Å²) in [5.41, 5.74) is 3.54. The van der Waals surface area contributed by atoms with Crippen LogP contribution in [0.2, 0.25) is 0 Å². The standard InChI is InChI=1S/C16H18N2O2/c1-3-12-9-13(16(19)20-2)10-18-15(12)11-17-14-7-5-4-6-8-14/h4-10,17H,3,11H2,1-2H3. The van der Waals surface area contributed by atoms with Gasteiger partial charge < -0.3 is 10.1 Å². The molecule has 104 valence electrons. The lowest BCUT2D eigenvalue weighted by molar-refractivity contribution is 0.0600. The van der Waals surface area contributed by atoms with Gasteiger partial charge >= 0.3 is 5.97 Å². The van der Waals surface area contributed by atoms with Crippen LogP contribution in [0.5, 0.6) is 0 Å². The molecule has 4 heteroatoms. The number of pyridine rings is 1. The molecule has 0 amide bonds. The zero-order chi connectivity index (χ0) is 14.4. The first kappa shape index (κ1) is 14.1. The predicted octanol–water partition coefficient (Wildman–Crippen LogP) is 3.04. The van der Waals surface area contributed by atoms with E-state index in [9.17, 15) is 4.79 Å². The number of methoxy groups -OCH3 is 1. The fourth-order valence-electron chi connectivity index (χ4n) is 1.98. The molecule has 0 aliphatic carbocycles. The average molecular weight is 270 g/mol. The topological polar surface area (TPSA) is 51.2 Å². The van der Waals surface area contributed by atoms with Crippen molar-refractivity contribution in [2.45, 2.75) is 19.9 Å². The van der Waals surface area contributed by atoms with Gasteiger partial charge in [-0.2, -0.15) is 0 Å². The second-order valence-corrected chi connectivity index (χ2v) is 4.39. The molecule has 20 heavy (non-hydrogen) atoms. The van der Waals surface area contributed by atoms with E-state index in [1.54, 1.807) is 6.20 Å². The SMILES string of the molecule is CCc1cc(C(=O)OC)cnc1CNc1ccccc1. The molecule has 0 saturated carbocycles. The molecule has 0 saturated heterocycles. The number of esters is 1. The average Bonchev–Trinajstić information content (AvgIpc) is 2.53. The van der Waals surface area contributed by atoms with Crippen LogP contribution in [0, 0.1) is 0 Å². The zero-order valence-electron chi connectivity index (χ0n) is 11.7. The Bertz CT molecular complexity index is 582. The highest BCUT2D eigenvalue weighted by Gasteiger charge is 2.10. The van der Waals surface area contributed by atoms with E-state index in [1.165, 1.54) is 7.11 Å². The second-order valence-electron chi connectivity index (χ2n) is 4.39. The smallest absolute Gasteiger partial charge is 0.339 e. The van der Waals surface area contributed by atoms with Crippen LogP contribution < -0.4 is 5.32 Å². The van der Waals surface area contributed by atoms with Crippen LogP contribution in [0.3, 0.4) is 0 Å². The molecule has 0 aliphatic rings. The molecule has 2 rings (SSSR count). The Labute approximate surface area is 118 Å². The van der Waals surface area contributed by atoms with Gasteiger partial charge in [0.25, 0.3) is 0 Å². The van der Waals surface area contributed by atoms with E-state index in [0.29, 0.717) is 12.1 Å². The van der Waals surface area contributed by atoms with Crippen LogP contribution in [-0.2, 0) is 17.7 Å². The highest BCUT2D eigenvalue weighted by Crippen LogP contribution is 2.13. The summed E-state index contributed by atoms with van der Waals surface area (Å²) < 4.78 is 4.71. The maximum atomic E-state index is 11.5. The number of rotatable bonds is 5. The van der Waals surface area contributed by atoms with Crippen LogP contribution >= 0.6 is 0 Å². The molecule has 1 heterocycles. The van der Waals surface area contributed by atoms with Crippen molar-refractivity contribution in [2.75, 3.05) is 12.4 Å². The molecule has 0 aliphatic heterocycles. The maximum Gasteiger partial charge on any atom is 0.339 e. The predicted molar refractivity (Wildman–Crippen MR) is 78.7 cm³/mol. The van der Waals surface area contributed by atoms with Gasteiger partial charge in [0.1, 0.15) is 0 Å². The Kier molecular flexibility index (Phi) is 4.71. The van der Waals surface area contributed by atoms with Gasteiger partial charge in [-0.15, -0.1) is 0 Å². The maximum absolute atomic E-state index is 11.5. The number of nitrogens with one attached hydrogen (secondary N) is 1.